The average molecular weight is 1400 g/mol. The number of furan rings is 3. The Balaban J connectivity index is 0.000000146. The van der Waals surface area contributed by atoms with Crippen molar-refractivity contribution in [2.45, 2.75) is 40.7 Å². The first kappa shape index (κ1) is 70.4. The molecule has 522 valence electrons. The van der Waals surface area contributed by atoms with Gasteiger partial charge in [-0.2, -0.15) is 0 Å². The SMILES string of the molecule is C.CNC(=O)c1c(-c2ccc(F)cc2)oc2c1cc(-c1cccc(C(=O)O)c1)c1[nH]ccc12.CNC(=O)c1c(-c2ccc(F)cc2)oc2c1cc(-c1cccc(C(=O)O)c1)c1c2ccn1C(C)=O.CNC(=O)c1c(-c2ccc(F)cc2)oc2c1cc(-c1cccc(C(=O)OC(C)(C)C)c1)c1[nH]ccc12. The number of H-pyrrole nitrogens is 2. The zero-order valence-corrected chi connectivity index (χ0v) is 56.0. The molecule has 0 aliphatic rings. The summed E-state index contributed by atoms with van der Waals surface area (Å²) in [6.45, 7) is 6.89. The molecule has 3 amide bonds. The van der Waals surface area contributed by atoms with E-state index in [1.54, 1.807) is 105 Å². The number of rotatable bonds is 12. The number of aromatic carboxylic acids is 2. The van der Waals surface area contributed by atoms with Gasteiger partial charge in [0.1, 0.15) is 57.1 Å². The maximum Gasteiger partial charge on any atom is 0.338 e. The molecule has 104 heavy (non-hydrogen) atoms. The fourth-order valence-corrected chi connectivity index (χ4v) is 12.6. The Labute approximate surface area is 590 Å². The molecule has 0 aliphatic carbocycles. The minimum atomic E-state index is -1.08. The summed E-state index contributed by atoms with van der Waals surface area (Å²) in [7, 11) is 4.58. The van der Waals surface area contributed by atoms with Crippen LogP contribution < -0.4 is 16.0 Å². The molecule has 0 aliphatic heterocycles. The Morgan fingerprint density at radius 1 is 0.433 bits per heavy atom. The second-order valence-corrected chi connectivity index (χ2v) is 24.9. The smallest absolute Gasteiger partial charge is 0.338 e. The molecule has 0 unspecified atom stereocenters. The van der Waals surface area contributed by atoms with Gasteiger partial charge in [-0.15, -0.1) is 0 Å². The first-order valence-electron chi connectivity index (χ1n) is 32.1. The molecule has 15 aromatic rings. The number of hydrogen-bond donors (Lipinski definition) is 7. The van der Waals surface area contributed by atoms with Crippen molar-refractivity contribution in [2.75, 3.05) is 21.1 Å². The van der Waals surface area contributed by atoms with Gasteiger partial charge < -0.3 is 54.1 Å². The van der Waals surface area contributed by atoms with E-state index in [0.29, 0.717) is 105 Å². The standard InChI is InChI=1S/C29H25FN2O4.C27H19FN2O5.C25H17FN2O4.CH4/c1-29(2,3)36-28(34)18-7-5-6-17(14-18)21-15-22-23(27(33)31-4)25(16-8-10-19(30)11-9-16)35-26(22)20-12-13-32-24(20)21;1-14(31)30-11-10-19-23(30)20(16-4-3-5-17(12-16)27(33)34)13-21-22(26(32)29-2)24(35-25(19)21)15-6-8-18(28)9-7-15;1-27-24(29)20-19-12-18(14-3-2-4-15(11-14)25(30)31)21-17(9-10-28-21)23(19)32-22(20)13-5-7-16(26)8-6-13;/h5-15,32H,1-4H3,(H,31,33);3-13H,1-2H3,(H,29,32)(H,33,34);2-12,28H,1H3,(H,27,29)(H,30,31);1H4. The first-order valence-corrected chi connectivity index (χ1v) is 32.1. The highest BCUT2D eigenvalue weighted by Gasteiger charge is 2.30. The largest absolute Gasteiger partial charge is 0.478 e. The lowest BCUT2D eigenvalue weighted by atomic mass is 9.96. The van der Waals surface area contributed by atoms with Crippen molar-refractivity contribution in [3.05, 3.63) is 251 Å². The summed E-state index contributed by atoms with van der Waals surface area (Å²) in [6, 6.07) is 48.2. The van der Waals surface area contributed by atoms with Gasteiger partial charge in [0, 0.05) is 112 Å². The van der Waals surface area contributed by atoms with Crippen LogP contribution in [0.3, 0.4) is 0 Å². The number of aromatic amines is 2. The third-order valence-corrected chi connectivity index (χ3v) is 17.3. The van der Waals surface area contributed by atoms with Gasteiger partial charge in [-0.05, 0) is 183 Å². The van der Waals surface area contributed by atoms with Crippen molar-refractivity contribution in [2.24, 2.45) is 0 Å². The van der Waals surface area contributed by atoms with Crippen LogP contribution in [0.5, 0.6) is 0 Å². The number of amides is 3. The van der Waals surface area contributed by atoms with Gasteiger partial charge in [0.2, 0.25) is 5.91 Å². The normalized spacial score (nSPS) is 11.2. The van der Waals surface area contributed by atoms with Crippen molar-refractivity contribution in [3.63, 3.8) is 0 Å². The Hall–Kier alpha value is -13.5. The van der Waals surface area contributed by atoms with Crippen LogP contribution in [0.4, 0.5) is 13.2 Å². The fraction of sp³-hybridized carbons (Fsp3) is 0.110. The van der Waals surface area contributed by atoms with Crippen LogP contribution in [-0.4, -0.2) is 93.0 Å². The maximum atomic E-state index is 13.6. The zero-order chi connectivity index (χ0) is 72.9. The minimum Gasteiger partial charge on any atom is -0.478 e. The fourth-order valence-electron chi connectivity index (χ4n) is 12.6. The molecular formula is C82H65F3N6O13. The highest BCUT2D eigenvalue weighted by molar-refractivity contribution is 6.23. The van der Waals surface area contributed by atoms with Crippen molar-refractivity contribution in [3.8, 4) is 67.4 Å². The van der Waals surface area contributed by atoms with E-state index in [1.807, 2.05) is 57.2 Å². The molecule has 7 N–H and O–H groups in total. The second kappa shape index (κ2) is 28.3. The van der Waals surface area contributed by atoms with E-state index >= 15 is 0 Å². The van der Waals surface area contributed by atoms with Gasteiger partial charge in [-0.3, -0.25) is 23.7 Å². The van der Waals surface area contributed by atoms with E-state index in [2.05, 4.69) is 25.9 Å². The monoisotopic (exact) mass is 1400 g/mol. The number of hydrogen-bond acceptors (Lipinski definition) is 11. The highest BCUT2D eigenvalue weighted by atomic mass is 19.1. The van der Waals surface area contributed by atoms with Gasteiger partial charge in [-0.1, -0.05) is 43.8 Å². The molecule has 0 fully saturated rings. The van der Waals surface area contributed by atoms with E-state index in [0.717, 1.165) is 38.5 Å². The highest BCUT2D eigenvalue weighted by Crippen LogP contribution is 2.46. The van der Waals surface area contributed by atoms with Crippen LogP contribution in [0.2, 0.25) is 0 Å². The van der Waals surface area contributed by atoms with E-state index in [-0.39, 0.29) is 59.2 Å². The number of nitrogens with zero attached hydrogens (tertiary/aromatic N) is 1. The molecule has 6 aromatic heterocycles. The van der Waals surface area contributed by atoms with Gasteiger partial charge in [0.15, 0.2) is 0 Å². The van der Waals surface area contributed by atoms with Crippen LogP contribution in [-0.2, 0) is 4.74 Å². The number of carboxylic acids is 2. The number of fused-ring (bicyclic) bond motifs is 9. The lowest BCUT2D eigenvalue weighted by molar-refractivity contribution is 0.00685. The summed E-state index contributed by atoms with van der Waals surface area (Å²) in [5, 5.41) is 30.6. The van der Waals surface area contributed by atoms with Gasteiger partial charge in [0.25, 0.3) is 17.7 Å². The van der Waals surface area contributed by atoms with Gasteiger partial charge >= 0.3 is 17.9 Å². The van der Waals surface area contributed by atoms with E-state index in [9.17, 15) is 56.9 Å². The molecular weight excluding hydrogens is 1330 g/mol. The van der Waals surface area contributed by atoms with Crippen LogP contribution in [0.15, 0.2) is 214 Å². The Bertz CT molecular complexity index is 5950. The lowest BCUT2D eigenvalue weighted by Crippen LogP contribution is -2.23. The molecule has 22 heteroatoms. The first-order chi connectivity index (χ1) is 49.4. The predicted octanol–water partition coefficient (Wildman–Crippen LogP) is 18.4. The summed E-state index contributed by atoms with van der Waals surface area (Å²) in [4.78, 5) is 93.6. The molecule has 0 bridgehead atoms. The number of halogens is 3. The Morgan fingerprint density at radius 3 is 1.13 bits per heavy atom. The van der Waals surface area contributed by atoms with E-state index < -0.39 is 35.2 Å². The average Bonchev–Trinajstić information content (AvgIpc) is 1.59. The predicted molar refractivity (Wildman–Crippen MR) is 393 cm³/mol. The number of carbonyl (C=O) groups is 7. The molecule has 9 aromatic carbocycles. The number of carbonyl (C=O) groups excluding carboxylic acids is 5. The van der Waals surface area contributed by atoms with Crippen molar-refractivity contribution < 1.29 is 74.9 Å². The van der Waals surface area contributed by atoms with Crippen LogP contribution >= 0.6 is 0 Å². The summed E-state index contributed by atoms with van der Waals surface area (Å²) >= 11 is 0. The molecule has 19 nitrogen and oxygen atoms in total. The summed E-state index contributed by atoms with van der Waals surface area (Å²) in [5.41, 5.74) is 10.3. The molecule has 0 radical (unpaired) electrons. The molecule has 0 spiro atoms. The Kier molecular flexibility index (Phi) is 19.1. The number of aromatic nitrogens is 3. The molecule has 0 saturated carbocycles. The number of nitrogens with one attached hydrogen (secondary N) is 5. The van der Waals surface area contributed by atoms with Crippen LogP contribution in [0.1, 0.15) is 102 Å². The van der Waals surface area contributed by atoms with E-state index in [4.69, 9.17) is 18.0 Å². The van der Waals surface area contributed by atoms with Gasteiger partial charge in [-0.25, -0.2) is 27.6 Å². The number of esters is 1. The minimum absolute atomic E-state index is 0. The quantitative estimate of drug-likeness (QED) is 0.0561. The molecule has 15 rings (SSSR count). The topological polar surface area (TPSA) is 281 Å². The summed E-state index contributed by atoms with van der Waals surface area (Å²) in [6.07, 6.45) is 5.16. The molecule has 0 saturated heterocycles. The zero-order valence-electron chi connectivity index (χ0n) is 56.0. The summed E-state index contributed by atoms with van der Waals surface area (Å²) < 4.78 is 66.2. The lowest BCUT2D eigenvalue weighted by Gasteiger charge is -2.19. The van der Waals surface area contributed by atoms with Crippen molar-refractivity contribution >= 4 is 107 Å². The van der Waals surface area contributed by atoms with Crippen LogP contribution in [0, 0.1) is 17.5 Å². The van der Waals surface area contributed by atoms with Crippen LogP contribution in [0.25, 0.3) is 133 Å². The molecule has 0 atom stereocenters. The van der Waals surface area contributed by atoms with E-state index in [1.165, 1.54) is 92.3 Å². The number of ether oxygens (including phenoxy) is 1. The molecule has 6 heterocycles. The second-order valence-electron chi connectivity index (χ2n) is 24.9. The van der Waals surface area contributed by atoms with Gasteiger partial charge in [0.05, 0.1) is 49.9 Å². The Morgan fingerprint density at radius 2 is 0.779 bits per heavy atom. The number of benzene rings is 9. The number of carboxylic acid groups (broad SMARTS) is 2. The van der Waals surface area contributed by atoms with Crippen molar-refractivity contribution in [1.29, 1.82) is 0 Å². The van der Waals surface area contributed by atoms with Crippen molar-refractivity contribution in [1.82, 2.24) is 30.5 Å². The third-order valence-electron chi connectivity index (χ3n) is 17.3. The summed E-state index contributed by atoms with van der Waals surface area (Å²) in [5.74, 6) is -4.09. The third kappa shape index (κ3) is 13.2. The maximum absolute atomic E-state index is 13.6.